The Morgan fingerprint density at radius 2 is 1.68 bits per heavy atom. The maximum atomic E-state index is 6.53. The van der Waals surface area contributed by atoms with Crippen molar-refractivity contribution in [1.82, 2.24) is 25.3 Å². The zero-order chi connectivity index (χ0) is 21.8. The highest BCUT2D eigenvalue weighted by Crippen LogP contribution is 2.27. The van der Waals surface area contributed by atoms with Crippen LogP contribution in [0, 0.1) is 0 Å². The molecule has 0 aliphatic carbocycles. The first-order valence-corrected chi connectivity index (χ1v) is 12.0. The lowest BCUT2D eigenvalue weighted by Crippen LogP contribution is -2.49. The summed E-state index contributed by atoms with van der Waals surface area (Å²) in [6.07, 6.45) is 0. The molecule has 6 nitrogen and oxygen atoms in total. The maximum Gasteiger partial charge on any atom is 0.191 e. The number of benzene rings is 1. The third-order valence-corrected chi connectivity index (χ3v) is 6.26. The lowest BCUT2D eigenvalue weighted by Gasteiger charge is -2.34. The highest BCUT2D eigenvalue weighted by atomic mass is 127. The fourth-order valence-electron chi connectivity index (χ4n) is 4.00. The van der Waals surface area contributed by atoms with Gasteiger partial charge >= 0.3 is 0 Å². The maximum absolute atomic E-state index is 6.53. The molecule has 0 saturated carbocycles. The van der Waals surface area contributed by atoms with Gasteiger partial charge in [0.05, 0.1) is 12.6 Å². The van der Waals surface area contributed by atoms with Crippen molar-refractivity contribution >= 4 is 41.5 Å². The number of likely N-dealkylation sites (N-methyl/N-ethyl adjacent to an activating group) is 2. The molecule has 2 N–H and O–H groups in total. The van der Waals surface area contributed by atoms with Crippen LogP contribution in [0.25, 0.3) is 0 Å². The molecular weight excluding hydrogens is 523 g/mol. The molecule has 8 heteroatoms. The van der Waals surface area contributed by atoms with Crippen LogP contribution in [-0.2, 0) is 0 Å². The van der Waals surface area contributed by atoms with E-state index in [4.69, 9.17) is 16.6 Å². The molecular formula is C23H42ClIN6. The average molecular weight is 565 g/mol. The Labute approximate surface area is 211 Å². The Kier molecular flexibility index (Phi) is 14.7. The number of halogens is 2. The summed E-state index contributed by atoms with van der Waals surface area (Å²) in [6.45, 7) is 20.0. The van der Waals surface area contributed by atoms with Crippen molar-refractivity contribution in [3.8, 4) is 0 Å². The molecule has 0 spiro atoms. The van der Waals surface area contributed by atoms with Gasteiger partial charge in [0.15, 0.2) is 5.96 Å². The summed E-state index contributed by atoms with van der Waals surface area (Å²) in [5, 5.41) is 7.73. The van der Waals surface area contributed by atoms with E-state index in [2.05, 4.69) is 65.2 Å². The van der Waals surface area contributed by atoms with Gasteiger partial charge in [-0.3, -0.25) is 14.8 Å². The van der Waals surface area contributed by atoms with Gasteiger partial charge in [0, 0.05) is 50.8 Å². The Morgan fingerprint density at radius 1 is 1.03 bits per heavy atom. The molecule has 1 heterocycles. The lowest BCUT2D eigenvalue weighted by molar-refractivity contribution is 0.139. The molecule has 1 aromatic rings. The highest BCUT2D eigenvalue weighted by molar-refractivity contribution is 14.0. The van der Waals surface area contributed by atoms with Crippen molar-refractivity contribution in [2.24, 2.45) is 4.99 Å². The second-order valence-electron chi connectivity index (χ2n) is 7.68. The Bertz CT molecular complexity index is 632. The first-order valence-electron chi connectivity index (χ1n) is 11.6. The first-order chi connectivity index (χ1) is 14.6. The monoisotopic (exact) mass is 564 g/mol. The van der Waals surface area contributed by atoms with Crippen LogP contribution in [0.3, 0.4) is 0 Å². The number of hydrogen-bond donors (Lipinski definition) is 2. The molecule has 1 aliphatic rings. The van der Waals surface area contributed by atoms with E-state index in [0.717, 1.165) is 68.9 Å². The van der Waals surface area contributed by atoms with Crippen molar-refractivity contribution in [2.45, 2.75) is 33.7 Å². The predicted molar refractivity (Wildman–Crippen MR) is 145 cm³/mol. The third kappa shape index (κ3) is 9.42. The molecule has 31 heavy (non-hydrogen) atoms. The summed E-state index contributed by atoms with van der Waals surface area (Å²) in [4.78, 5) is 12.4. The van der Waals surface area contributed by atoms with Gasteiger partial charge < -0.3 is 15.5 Å². The van der Waals surface area contributed by atoms with Crippen molar-refractivity contribution in [2.75, 3.05) is 72.0 Å². The van der Waals surface area contributed by atoms with E-state index in [1.807, 2.05) is 12.1 Å². The minimum absolute atomic E-state index is 0. The quantitative estimate of drug-likeness (QED) is 0.245. The average Bonchev–Trinajstić information content (AvgIpc) is 2.77. The van der Waals surface area contributed by atoms with Crippen molar-refractivity contribution in [3.05, 3.63) is 34.9 Å². The van der Waals surface area contributed by atoms with Crippen LogP contribution >= 0.6 is 35.6 Å². The van der Waals surface area contributed by atoms with Gasteiger partial charge in [-0.15, -0.1) is 24.0 Å². The van der Waals surface area contributed by atoms with E-state index < -0.39 is 0 Å². The van der Waals surface area contributed by atoms with Gasteiger partial charge in [0.1, 0.15) is 0 Å². The molecule has 0 aromatic heterocycles. The number of piperazine rings is 1. The van der Waals surface area contributed by atoms with Gasteiger partial charge in [0.25, 0.3) is 0 Å². The zero-order valence-corrected chi connectivity index (χ0v) is 22.8. The molecule has 1 aliphatic heterocycles. The fraction of sp³-hybridized carbons (Fsp3) is 0.696. The summed E-state index contributed by atoms with van der Waals surface area (Å²) < 4.78 is 0. The van der Waals surface area contributed by atoms with Gasteiger partial charge in [-0.05, 0) is 38.2 Å². The fourth-order valence-corrected chi connectivity index (χ4v) is 4.26. The molecule has 1 saturated heterocycles. The number of guanidine groups is 1. The minimum Gasteiger partial charge on any atom is -0.357 e. The molecule has 0 radical (unpaired) electrons. The van der Waals surface area contributed by atoms with E-state index in [9.17, 15) is 0 Å². The minimum atomic E-state index is 0. The number of rotatable bonds is 11. The second kappa shape index (κ2) is 16.1. The van der Waals surface area contributed by atoms with Crippen molar-refractivity contribution in [1.29, 1.82) is 0 Å². The van der Waals surface area contributed by atoms with E-state index in [1.165, 1.54) is 13.1 Å². The van der Waals surface area contributed by atoms with Crippen LogP contribution in [0.1, 0.15) is 39.3 Å². The summed E-state index contributed by atoms with van der Waals surface area (Å²) in [7, 11) is 0. The number of aliphatic imine (C=N–C) groups is 1. The summed E-state index contributed by atoms with van der Waals surface area (Å²) in [5.41, 5.74) is 1.15. The lowest BCUT2D eigenvalue weighted by atomic mass is 10.1. The van der Waals surface area contributed by atoms with Crippen molar-refractivity contribution in [3.63, 3.8) is 0 Å². The molecule has 0 amide bonds. The molecule has 0 bridgehead atoms. The SMILES string of the molecule is CCNC(=NCC(c1ccccc1Cl)N(CC)CC)NCCN1CCN(CC)CC1.I. The molecule has 1 aromatic carbocycles. The highest BCUT2D eigenvalue weighted by Gasteiger charge is 2.20. The Balaban J connectivity index is 0.00000480. The molecule has 1 fully saturated rings. The molecule has 1 unspecified atom stereocenters. The standard InChI is InChI=1S/C23H41ClN6.HI/c1-5-25-23(26-13-14-29-17-15-28(6-2)16-18-29)27-19-22(30(7-3)8-4)20-11-9-10-12-21(20)24;/h9-12,22H,5-8,13-19H2,1-4H3,(H2,25,26,27);1H. The smallest absolute Gasteiger partial charge is 0.191 e. The summed E-state index contributed by atoms with van der Waals surface area (Å²) in [5.74, 6) is 0.883. The normalized spacial score (nSPS) is 16.8. The zero-order valence-electron chi connectivity index (χ0n) is 19.7. The van der Waals surface area contributed by atoms with E-state index in [0.29, 0.717) is 6.54 Å². The van der Waals surface area contributed by atoms with Crippen LogP contribution in [0.4, 0.5) is 0 Å². The van der Waals surface area contributed by atoms with Crippen LogP contribution < -0.4 is 10.6 Å². The summed E-state index contributed by atoms with van der Waals surface area (Å²) in [6, 6.07) is 8.31. The molecule has 2 rings (SSSR count). The number of nitrogens with zero attached hydrogens (tertiary/aromatic N) is 4. The van der Waals surface area contributed by atoms with Crippen LogP contribution in [-0.4, -0.2) is 92.7 Å². The van der Waals surface area contributed by atoms with Crippen LogP contribution in [0.5, 0.6) is 0 Å². The number of nitrogens with one attached hydrogen (secondary N) is 2. The summed E-state index contributed by atoms with van der Waals surface area (Å²) >= 11 is 6.53. The van der Waals surface area contributed by atoms with Gasteiger partial charge in [-0.2, -0.15) is 0 Å². The van der Waals surface area contributed by atoms with Crippen molar-refractivity contribution < 1.29 is 0 Å². The van der Waals surface area contributed by atoms with Crippen LogP contribution in [0.2, 0.25) is 5.02 Å². The number of hydrogen-bond acceptors (Lipinski definition) is 4. The van der Waals surface area contributed by atoms with Gasteiger partial charge in [-0.1, -0.05) is 50.6 Å². The van der Waals surface area contributed by atoms with Crippen LogP contribution in [0.15, 0.2) is 29.3 Å². The third-order valence-electron chi connectivity index (χ3n) is 5.92. The second-order valence-corrected chi connectivity index (χ2v) is 8.09. The predicted octanol–water partition coefficient (Wildman–Crippen LogP) is 3.53. The first kappa shape index (κ1) is 28.4. The Morgan fingerprint density at radius 3 is 2.26 bits per heavy atom. The molecule has 1 atom stereocenters. The van der Waals surface area contributed by atoms with E-state index in [1.54, 1.807) is 0 Å². The Hall–Kier alpha value is -0.610. The van der Waals surface area contributed by atoms with E-state index in [-0.39, 0.29) is 30.0 Å². The van der Waals surface area contributed by atoms with Gasteiger partial charge in [0.2, 0.25) is 0 Å². The molecule has 178 valence electrons. The topological polar surface area (TPSA) is 46.1 Å². The van der Waals surface area contributed by atoms with E-state index >= 15 is 0 Å². The van der Waals surface area contributed by atoms with Gasteiger partial charge in [-0.25, -0.2) is 0 Å². The largest absolute Gasteiger partial charge is 0.357 e.